The second-order valence-electron chi connectivity index (χ2n) is 3.42. The highest BCUT2D eigenvalue weighted by Crippen LogP contribution is 2.27. The van der Waals surface area contributed by atoms with Gasteiger partial charge in [0.2, 0.25) is 0 Å². The van der Waals surface area contributed by atoms with Crippen molar-refractivity contribution in [3.05, 3.63) is 40.1 Å². The van der Waals surface area contributed by atoms with Crippen LogP contribution in [0, 0.1) is 5.82 Å². The van der Waals surface area contributed by atoms with Crippen LogP contribution in [0.15, 0.2) is 23.6 Å². The predicted molar refractivity (Wildman–Crippen MR) is 68.5 cm³/mol. The molecule has 0 bridgehead atoms. The van der Waals surface area contributed by atoms with Gasteiger partial charge < -0.3 is 4.74 Å². The van der Waals surface area contributed by atoms with Crippen molar-refractivity contribution in [2.75, 3.05) is 6.61 Å². The van der Waals surface area contributed by atoms with Gasteiger partial charge in [-0.2, -0.15) is 0 Å². The van der Waals surface area contributed by atoms with E-state index >= 15 is 0 Å². The third-order valence-corrected chi connectivity index (χ3v) is 3.21. The Kier molecular flexibility index (Phi) is 3.93. The lowest BCUT2D eigenvalue weighted by Crippen LogP contribution is -2.04. The molecular formula is C12H9ClFNO2S. The maximum atomic E-state index is 13.2. The lowest BCUT2D eigenvalue weighted by molar-refractivity contribution is 0.0520. The van der Waals surface area contributed by atoms with Gasteiger partial charge in [-0.15, -0.1) is 11.3 Å². The van der Waals surface area contributed by atoms with E-state index < -0.39 is 11.8 Å². The molecule has 18 heavy (non-hydrogen) atoms. The molecule has 0 spiro atoms. The van der Waals surface area contributed by atoms with E-state index in [1.807, 2.05) is 0 Å². The third-order valence-electron chi connectivity index (χ3n) is 2.10. The number of nitrogens with zero attached hydrogens (tertiary/aromatic N) is 1. The maximum Gasteiger partial charge on any atom is 0.357 e. The Balaban J connectivity index is 2.32. The third kappa shape index (κ3) is 2.86. The van der Waals surface area contributed by atoms with Crippen molar-refractivity contribution in [3.8, 4) is 10.6 Å². The first-order valence-electron chi connectivity index (χ1n) is 5.19. The molecule has 0 fully saturated rings. The number of ether oxygens (including phenoxy) is 1. The first kappa shape index (κ1) is 13.0. The highest BCUT2D eigenvalue weighted by molar-refractivity contribution is 7.13. The van der Waals surface area contributed by atoms with Crippen LogP contribution in [-0.2, 0) is 4.74 Å². The summed E-state index contributed by atoms with van der Waals surface area (Å²) < 4.78 is 18.0. The van der Waals surface area contributed by atoms with Crippen LogP contribution in [0.25, 0.3) is 10.6 Å². The molecule has 0 aliphatic carbocycles. The second kappa shape index (κ2) is 5.46. The monoisotopic (exact) mass is 285 g/mol. The van der Waals surface area contributed by atoms with Gasteiger partial charge in [-0.25, -0.2) is 14.2 Å². The van der Waals surface area contributed by atoms with Crippen molar-refractivity contribution in [2.24, 2.45) is 0 Å². The summed E-state index contributed by atoms with van der Waals surface area (Å²) in [5.74, 6) is -0.923. The average molecular weight is 286 g/mol. The molecule has 0 saturated heterocycles. The zero-order valence-corrected chi connectivity index (χ0v) is 11.0. The molecule has 0 aliphatic rings. The van der Waals surface area contributed by atoms with E-state index in [4.69, 9.17) is 16.3 Å². The van der Waals surface area contributed by atoms with Gasteiger partial charge in [0.1, 0.15) is 10.8 Å². The van der Waals surface area contributed by atoms with E-state index in [1.54, 1.807) is 18.4 Å². The molecule has 3 nitrogen and oxygen atoms in total. The van der Waals surface area contributed by atoms with Gasteiger partial charge in [0.25, 0.3) is 0 Å². The molecule has 1 aromatic heterocycles. The summed E-state index contributed by atoms with van der Waals surface area (Å²) >= 11 is 7.00. The first-order valence-corrected chi connectivity index (χ1v) is 6.45. The van der Waals surface area contributed by atoms with Crippen molar-refractivity contribution in [1.82, 2.24) is 4.98 Å². The highest BCUT2D eigenvalue weighted by atomic mass is 35.5. The van der Waals surface area contributed by atoms with E-state index in [0.29, 0.717) is 10.6 Å². The van der Waals surface area contributed by atoms with Crippen LogP contribution in [0.4, 0.5) is 4.39 Å². The average Bonchev–Trinajstić information content (AvgIpc) is 2.77. The number of hydrogen-bond donors (Lipinski definition) is 0. The summed E-state index contributed by atoms with van der Waals surface area (Å²) in [7, 11) is 0. The molecule has 0 saturated carbocycles. The van der Waals surface area contributed by atoms with Gasteiger partial charge in [0, 0.05) is 16.0 Å². The normalized spacial score (nSPS) is 10.4. The Morgan fingerprint density at radius 1 is 1.50 bits per heavy atom. The van der Waals surface area contributed by atoms with Gasteiger partial charge in [-0.05, 0) is 25.1 Å². The Morgan fingerprint density at radius 3 is 2.94 bits per heavy atom. The molecular weight excluding hydrogens is 277 g/mol. The van der Waals surface area contributed by atoms with Crippen LogP contribution in [-0.4, -0.2) is 17.6 Å². The smallest absolute Gasteiger partial charge is 0.357 e. The molecule has 0 radical (unpaired) electrons. The molecule has 94 valence electrons. The van der Waals surface area contributed by atoms with E-state index in [1.165, 1.54) is 23.5 Å². The number of carbonyl (C=O) groups is 1. The Labute approximate surface area is 112 Å². The van der Waals surface area contributed by atoms with Gasteiger partial charge in [0.05, 0.1) is 6.61 Å². The number of rotatable bonds is 3. The molecule has 0 N–H and O–H groups in total. The fraction of sp³-hybridized carbons (Fsp3) is 0.167. The summed E-state index contributed by atoms with van der Waals surface area (Å²) in [6.45, 7) is 2.01. The molecule has 0 aliphatic heterocycles. The number of aromatic nitrogens is 1. The number of carbonyl (C=O) groups excluding carboxylic acids is 1. The lowest BCUT2D eigenvalue weighted by atomic mass is 10.2. The Morgan fingerprint density at radius 2 is 2.28 bits per heavy atom. The van der Waals surface area contributed by atoms with Crippen molar-refractivity contribution in [1.29, 1.82) is 0 Å². The van der Waals surface area contributed by atoms with Crippen molar-refractivity contribution in [3.63, 3.8) is 0 Å². The number of halogens is 2. The van der Waals surface area contributed by atoms with Gasteiger partial charge in [-0.3, -0.25) is 0 Å². The lowest BCUT2D eigenvalue weighted by Gasteiger charge is -1.98. The van der Waals surface area contributed by atoms with E-state index in [0.717, 1.165) is 0 Å². The predicted octanol–water partition coefficient (Wildman–Crippen LogP) is 3.78. The van der Waals surface area contributed by atoms with Crippen molar-refractivity contribution in [2.45, 2.75) is 6.92 Å². The van der Waals surface area contributed by atoms with Crippen LogP contribution >= 0.6 is 22.9 Å². The quantitative estimate of drug-likeness (QED) is 0.806. The fourth-order valence-corrected chi connectivity index (χ4v) is 2.38. The van der Waals surface area contributed by atoms with Crippen molar-refractivity contribution < 1.29 is 13.9 Å². The first-order chi connectivity index (χ1) is 8.60. The maximum absolute atomic E-state index is 13.2. The Hall–Kier alpha value is -1.46. The van der Waals surface area contributed by atoms with Crippen LogP contribution < -0.4 is 0 Å². The molecule has 0 amide bonds. The molecule has 2 aromatic rings. The van der Waals surface area contributed by atoms with E-state index in [2.05, 4.69) is 4.98 Å². The largest absolute Gasteiger partial charge is 0.461 e. The fourth-order valence-electron chi connectivity index (χ4n) is 1.38. The zero-order chi connectivity index (χ0) is 13.1. The SMILES string of the molecule is CCOC(=O)c1csc(-c2cc(F)cc(Cl)c2)n1. The van der Waals surface area contributed by atoms with Crippen LogP contribution in [0.3, 0.4) is 0 Å². The summed E-state index contributed by atoms with van der Waals surface area (Å²) in [6.07, 6.45) is 0. The van der Waals surface area contributed by atoms with Crippen LogP contribution in [0.2, 0.25) is 5.02 Å². The summed E-state index contributed by atoms with van der Waals surface area (Å²) in [4.78, 5) is 15.5. The summed E-state index contributed by atoms with van der Waals surface area (Å²) in [6, 6.07) is 4.13. The molecule has 6 heteroatoms. The number of benzene rings is 1. The number of hydrogen-bond acceptors (Lipinski definition) is 4. The van der Waals surface area contributed by atoms with Gasteiger partial charge in [0.15, 0.2) is 5.69 Å². The van der Waals surface area contributed by atoms with Crippen LogP contribution in [0.1, 0.15) is 17.4 Å². The Bertz CT molecular complexity index is 565. The number of esters is 1. The van der Waals surface area contributed by atoms with E-state index in [9.17, 15) is 9.18 Å². The van der Waals surface area contributed by atoms with Gasteiger partial charge >= 0.3 is 5.97 Å². The standard InChI is InChI=1S/C12H9ClFNO2S/c1-2-17-12(16)10-6-18-11(15-10)7-3-8(13)5-9(14)4-7/h3-6H,2H2,1H3. The minimum Gasteiger partial charge on any atom is -0.461 e. The van der Waals surface area contributed by atoms with Crippen molar-refractivity contribution >= 4 is 28.9 Å². The van der Waals surface area contributed by atoms with E-state index in [-0.39, 0.29) is 17.3 Å². The molecule has 1 heterocycles. The molecule has 1 aromatic carbocycles. The highest BCUT2D eigenvalue weighted by Gasteiger charge is 2.13. The second-order valence-corrected chi connectivity index (χ2v) is 4.71. The molecule has 2 rings (SSSR count). The minimum atomic E-state index is -0.484. The number of thiazole rings is 1. The minimum absolute atomic E-state index is 0.220. The van der Waals surface area contributed by atoms with Gasteiger partial charge in [-0.1, -0.05) is 11.6 Å². The summed E-state index contributed by atoms with van der Waals surface area (Å²) in [5.41, 5.74) is 0.762. The zero-order valence-electron chi connectivity index (χ0n) is 9.44. The molecule has 0 atom stereocenters. The summed E-state index contributed by atoms with van der Waals surface area (Å²) in [5, 5.41) is 2.39. The van der Waals surface area contributed by atoms with Crippen LogP contribution in [0.5, 0.6) is 0 Å². The topological polar surface area (TPSA) is 39.2 Å². The molecule has 0 unspecified atom stereocenters.